The standard InChI is InChI=1S/C14H15BrN2O3/c1-7(2)11-8(9-6-17-20-14(9)16)5-10-13(12(11)15)19-4-3-18-10/h5-7H,3-4,16H2,1-2H3. The Kier molecular flexibility index (Phi) is 3.33. The first-order valence-electron chi connectivity index (χ1n) is 6.42. The van der Waals surface area contributed by atoms with E-state index in [2.05, 4.69) is 34.9 Å². The summed E-state index contributed by atoms with van der Waals surface area (Å²) in [7, 11) is 0. The van der Waals surface area contributed by atoms with E-state index in [4.69, 9.17) is 19.7 Å². The average Bonchev–Trinajstić information content (AvgIpc) is 2.84. The second kappa shape index (κ2) is 5.01. The highest BCUT2D eigenvalue weighted by molar-refractivity contribution is 9.10. The summed E-state index contributed by atoms with van der Waals surface area (Å²) in [6.07, 6.45) is 1.62. The summed E-state index contributed by atoms with van der Waals surface area (Å²) < 4.78 is 17.3. The zero-order valence-electron chi connectivity index (χ0n) is 11.3. The maximum absolute atomic E-state index is 5.85. The molecule has 5 nitrogen and oxygen atoms in total. The first-order chi connectivity index (χ1) is 9.59. The number of hydrogen-bond donors (Lipinski definition) is 1. The minimum Gasteiger partial charge on any atom is -0.486 e. The van der Waals surface area contributed by atoms with Crippen LogP contribution in [0.3, 0.4) is 0 Å². The number of ether oxygens (including phenoxy) is 2. The third kappa shape index (κ3) is 2.04. The van der Waals surface area contributed by atoms with Gasteiger partial charge in [-0.15, -0.1) is 0 Å². The van der Waals surface area contributed by atoms with E-state index < -0.39 is 0 Å². The van der Waals surface area contributed by atoms with Crippen molar-refractivity contribution in [2.45, 2.75) is 19.8 Å². The number of nitrogens with zero attached hydrogens (tertiary/aromatic N) is 1. The molecule has 0 spiro atoms. The van der Waals surface area contributed by atoms with E-state index in [1.165, 1.54) is 0 Å². The summed E-state index contributed by atoms with van der Waals surface area (Å²) in [5.74, 6) is 2.04. The molecule has 0 atom stereocenters. The van der Waals surface area contributed by atoms with Crippen molar-refractivity contribution in [1.82, 2.24) is 5.16 Å². The Balaban J connectivity index is 2.28. The van der Waals surface area contributed by atoms with Crippen molar-refractivity contribution in [1.29, 1.82) is 0 Å². The molecule has 6 heteroatoms. The van der Waals surface area contributed by atoms with Gasteiger partial charge in [0.25, 0.3) is 0 Å². The van der Waals surface area contributed by atoms with E-state index in [-0.39, 0.29) is 5.92 Å². The fourth-order valence-corrected chi connectivity index (χ4v) is 3.38. The maximum Gasteiger partial charge on any atom is 0.229 e. The molecule has 0 amide bonds. The number of nitrogen functional groups attached to an aromatic ring is 1. The van der Waals surface area contributed by atoms with Crippen molar-refractivity contribution in [2.24, 2.45) is 0 Å². The van der Waals surface area contributed by atoms with Gasteiger partial charge in [0, 0.05) is 0 Å². The largest absolute Gasteiger partial charge is 0.486 e. The predicted octanol–water partition coefficient (Wildman–Crippen LogP) is 3.58. The quantitative estimate of drug-likeness (QED) is 0.906. The van der Waals surface area contributed by atoms with Gasteiger partial charge in [0.05, 0.1) is 16.2 Å². The van der Waals surface area contributed by atoms with Crippen LogP contribution in [-0.2, 0) is 0 Å². The second-order valence-electron chi connectivity index (χ2n) is 4.93. The molecule has 0 bridgehead atoms. The molecule has 0 saturated carbocycles. The van der Waals surface area contributed by atoms with Gasteiger partial charge in [-0.1, -0.05) is 19.0 Å². The van der Waals surface area contributed by atoms with E-state index in [0.717, 1.165) is 26.9 Å². The van der Waals surface area contributed by atoms with Gasteiger partial charge in [0.2, 0.25) is 5.88 Å². The van der Waals surface area contributed by atoms with Crippen LogP contribution in [0.5, 0.6) is 11.5 Å². The van der Waals surface area contributed by atoms with Crippen molar-refractivity contribution in [3.05, 3.63) is 22.3 Å². The van der Waals surface area contributed by atoms with Gasteiger partial charge >= 0.3 is 0 Å². The monoisotopic (exact) mass is 338 g/mol. The zero-order chi connectivity index (χ0) is 14.3. The molecule has 1 aromatic heterocycles. The highest BCUT2D eigenvalue weighted by Crippen LogP contribution is 2.48. The summed E-state index contributed by atoms with van der Waals surface area (Å²) in [5, 5.41) is 3.75. The fourth-order valence-electron chi connectivity index (χ4n) is 2.40. The van der Waals surface area contributed by atoms with Gasteiger partial charge < -0.3 is 19.7 Å². The minimum atomic E-state index is 0.282. The van der Waals surface area contributed by atoms with Gasteiger partial charge in [-0.25, -0.2) is 0 Å². The number of fused-ring (bicyclic) bond motifs is 1. The molecule has 106 valence electrons. The lowest BCUT2D eigenvalue weighted by Gasteiger charge is -2.24. The molecular weight excluding hydrogens is 324 g/mol. The molecule has 2 heterocycles. The third-order valence-corrected chi connectivity index (χ3v) is 4.07. The molecule has 0 fully saturated rings. The second-order valence-corrected chi connectivity index (χ2v) is 5.73. The third-order valence-electron chi connectivity index (χ3n) is 3.28. The Morgan fingerprint density at radius 1 is 1.25 bits per heavy atom. The smallest absolute Gasteiger partial charge is 0.229 e. The number of anilines is 1. The van der Waals surface area contributed by atoms with Gasteiger partial charge in [0.15, 0.2) is 11.5 Å². The number of rotatable bonds is 2. The molecule has 0 aliphatic carbocycles. The predicted molar refractivity (Wildman–Crippen MR) is 79.1 cm³/mol. The summed E-state index contributed by atoms with van der Waals surface area (Å²) in [4.78, 5) is 0. The molecule has 1 aromatic carbocycles. The SMILES string of the molecule is CC(C)c1c(-c2cnoc2N)cc2c(c1Br)OCCO2. The topological polar surface area (TPSA) is 70.5 Å². The Bertz CT molecular complexity index is 652. The van der Waals surface area contributed by atoms with Gasteiger partial charge in [-0.05, 0) is 39.0 Å². The molecule has 0 saturated heterocycles. The van der Waals surface area contributed by atoms with Crippen LogP contribution in [0.1, 0.15) is 25.3 Å². The van der Waals surface area contributed by atoms with Crippen molar-refractivity contribution in [2.75, 3.05) is 18.9 Å². The van der Waals surface area contributed by atoms with E-state index in [0.29, 0.717) is 24.8 Å². The van der Waals surface area contributed by atoms with E-state index in [9.17, 15) is 0 Å². The number of benzene rings is 1. The van der Waals surface area contributed by atoms with E-state index >= 15 is 0 Å². The average molecular weight is 339 g/mol. The Hall–Kier alpha value is -1.69. The molecule has 2 N–H and O–H groups in total. The molecule has 1 aliphatic rings. The van der Waals surface area contributed by atoms with Crippen LogP contribution in [0.25, 0.3) is 11.1 Å². The number of aromatic nitrogens is 1. The Labute approximate surface area is 125 Å². The molecule has 3 rings (SSSR count). The normalized spacial score (nSPS) is 13.8. The first-order valence-corrected chi connectivity index (χ1v) is 7.21. The summed E-state index contributed by atoms with van der Waals surface area (Å²) >= 11 is 3.63. The highest BCUT2D eigenvalue weighted by atomic mass is 79.9. The number of nitrogens with two attached hydrogens (primary N) is 1. The lowest BCUT2D eigenvalue weighted by molar-refractivity contribution is 0.170. The maximum atomic E-state index is 5.85. The fraction of sp³-hybridized carbons (Fsp3) is 0.357. The highest BCUT2D eigenvalue weighted by Gasteiger charge is 2.25. The summed E-state index contributed by atoms with van der Waals surface area (Å²) in [5.41, 5.74) is 8.68. The van der Waals surface area contributed by atoms with Gasteiger partial charge in [0.1, 0.15) is 13.2 Å². The van der Waals surface area contributed by atoms with Crippen LogP contribution in [0, 0.1) is 0 Å². The first kappa shape index (κ1) is 13.3. The molecule has 2 aromatic rings. The van der Waals surface area contributed by atoms with Crippen LogP contribution in [-0.4, -0.2) is 18.4 Å². The van der Waals surface area contributed by atoms with Crippen LogP contribution in [0.4, 0.5) is 5.88 Å². The van der Waals surface area contributed by atoms with E-state index in [1.54, 1.807) is 6.20 Å². The Morgan fingerprint density at radius 2 is 2.00 bits per heavy atom. The van der Waals surface area contributed by atoms with Crippen LogP contribution in [0.15, 0.2) is 21.3 Å². The lowest BCUT2D eigenvalue weighted by atomic mass is 9.93. The molecule has 20 heavy (non-hydrogen) atoms. The van der Waals surface area contributed by atoms with Crippen LogP contribution >= 0.6 is 15.9 Å². The van der Waals surface area contributed by atoms with Crippen molar-refractivity contribution < 1.29 is 14.0 Å². The van der Waals surface area contributed by atoms with Crippen molar-refractivity contribution >= 4 is 21.8 Å². The van der Waals surface area contributed by atoms with Crippen LogP contribution in [0.2, 0.25) is 0 Å². The van der Waals surface area contributed by atoms with Gasteiger partial charge in [-0.2, -0.15) is 0 Å². The van der Waals surface area contributed by atoms with Crippen molar-refractivity contribution in [3.8, 4) is 22.6 Å². The summed E-state index contributed by atoms with van der Waals surface area (Å²) in [6.45, 7) is 5.32. The van der Waals surface area contributed by atoms with Gasteiger partial charge in [-0.3, -0.25) is 0 Å². The van der Waals surface area contributed by atoms with E-state index in [1.807, 2.05) is 6.07 Å². The van der Waals surface area contributed by atoms with Crippen LogP contribution < -0.4 is 15.2 Å². The molecular formula is C14H15BrN2O3. The lowest BCUT2D eigenvalue weighted by Crippen LogP contribution is -2.16. The minimum absolute atomic E-state index is 0.282. The Morgan fingerprint density at radius 3 is 2.65 bits per heavy atom. The summed E-state index contributed by atoms with van der Waals surface area (Å²) in [6, 6.07) is 1.94. The van der Waals surface area contributed by atoms with Crippen molar-refractivity contribution in [3.63, 3.8) is 0 Å². The zero-order valence-corrected chi connectivity index (χ0v) is 12.9. The number of hydrogen-bond acceptors (Lipinski definition) is 5. The molecule has 0 unspecified atom stereocenters. The molecule has 1 aliphatic heterocycles. The molecule has 0 radical (unpaired) electrons. The number of halogens is 1.